The van der Waals surface area contributed by atoms with Crippen molar-refractivity contribution >= 4 is 37.5 Å². The molecule has 2 heterocycles. The SMILES string of the molecule is O=C(Nc1cnc(Br)cn1)C1CCCCS1(=O)=O. The lowest BCUT2D eigenvalue weighted by Gasteiger charge is -2.20. The van der Waals surface area contributed by atoms with Crippen molar-refractivity contribution < 1.29 is 13.2 Å². The highest BCUT2D eigenvalue weighted by Gasteiger charge is 2.34. The van der Waals surface area contributed by atoms with Crippen molar-refractivity contribution in [2.24, 2.45) is 0 Å². The van der Waals surface area contributed by atoms with E-state index < -0.39 is 21.0 Å². The molecule has 1 aliphatic rings. The average molecular weight is 334 g/mol. The van der Waals surface area contributed by atoms with Gasteiger partial charge in [-0.3, -0.25) is 4.79 Å². The number of hydrogen-bond acceptors (Lipinski definition) is 5. The van der Waals surface area contributed by atoms with Gasteiger partial charge in [0.25, 0.3) is 0 Å². The van der Waals surface area contributed by atoms with Crippen LogP contribution >= 0.6 is 15.9 Å². The van der Waals surface area contributed by atoms with E-state index in [2.05, 4.69) is 31.2 Å². The number of carbonyl (C=O) groups excluding carboxylic acids is 1. The van der Waals surface area contributed by atoms with Gasteiger partial charge in [0.1, 0.15) is 9.85 Å². The number of anilines is 1. The summed E-state index contributed by atoms with van der Waals surface area (Å²) in [4.78, 5) is 19.7. The van der Waals surface area contributed by atoms with Crippen molar-refractivity contribution in [3.8, 4) is 0 Å². The molecule has 0 aromatic carbocycles. The summed E-state index contributed by atoms with van der Waals surface area (Å²) in [6.45, 7) is 0. The Morgan fingerprint density at radius 1 is 1.33 bits per heavy atom. The van der Waals surface area contributed by atoms with Crippen LogP contribution in [-0.4, -0.2) is 35.3 Å². The Bertz CT molecular complexity index is 544. The molecule has 98 valence electrons. The number of amides is 1. The Kier molecular flexibility index (Phi) is 3.96. The molecule has 1 atom stereocenters. The third kappa shape index (κ3) is 3.05. The molecule has 1 amide bonds. The van der Waals surface area contributed by atoms with Crippen LogP contribution in [0.3, 0.4) is 0 Å². The number of carbonyl (C=O) groups is 1. The van der Waals surface area contributed by atoms with Gasteiger partial charge in [-0.15, -0.1) is 0 Å². The zero-order valence-electron chi connectivity index (χ0n) is 9.47. The summed E-state index contributed by atoms with van der Waals surface area (Å²) in [5.41, 5.74) is 0. The molecule has 1 unspecified atom stereocenters. The van der Waals surface area contributed by atoms with E-state index in [4.69, 9.17) is 0 Å². The molecule has 18 heavy (non-hydrogen) atoms. The fourth-order valence-electron chi connectivity index (χ4n) is 1.83. The molecule has 1 aromatic rings. The molecule has 0 radical (unpaired) electrons. The Morgan fingerprint density at radius 2 is 2.11 bits per heavy atom. The standard InChI is InChI=1S/C10H12BrN3O3S/c11-8-5-13-9(6-12-8)14-10(15)7-3-1-2-4-18(7,16)17/h5-7H,1-4H2,(H,13,14,15). The predicted octanol–water partition coefficient (Wildman–Crippen LogP) is 1.14. The number of aromatic nitrogens is 2. The maximum absolute atomic E-state index is 11.9. The van der Waals surface area contributed by atoms with E-state index in [1.807, 2.05) is 0 Å². The molecule has 0 saturated carbocycles. The summed E-state index contributed by atoms with van der Waals surface area (Å²) in [5, 5.41) is 1.52. The molecule has 1 fully saturated rings. The van der Waals surface area contributed by atoms with Crippen LogP contribution in [0.25, 0.3) is 0 Å². The van der Waals surface area contributed by atoms with E-state index in [0.29, 0.717) is 17.4 Å². The van der Waals surface area contributed by atoms with Crippen LogP contribution in [0.5, 0.6) is 0 Å². The first-order valence-corrected chi connectivity index (χ1v) is 8.00. The molecular formula is C10H12BrN3O3S. The second-order valence-corrected chi connectivity index (χ2v) is 7.18. The zero-order valence-corrected chi connectivity index (χ0v) is 11.9. The minimum Gasteiger partial charge on any atom is -0.308 e. The molecule has 0 aliphatic carbocycles. The molecule has 1 aromatic heterocycles. The van der Waals surface area contributed by atoms with Gasteiger partial charge in [-0.05, 0) is 28.8 Å². The largest absolute Gasteiger partial charge is 0.308 e. The van der Waals surface area contributed by atoms with E-state index >= 15 is 0 Å². The molecule has 2 rings (SSSR count). The van der Waals surface area contributed by atoms with Gasteiger partial charge < -0.3 is 5.32 Å². The van der Waals surface area contributed by atoms with Crippen molar-refractivity contribution in [2.75, 3.05) is 11.1 Å². The maximum Gasteiger partial charge on any atom is 0.243 e. The molecule has 0 bridgehead atoms. The first-order valence-electron chi connectivity index (χ1n) is 5.49. The summed E-state index contributed by atoms with van der Waals surface area (Å²) >= 11 is 3.12. The highest BCUT2D eigenvalue weighted by atomic mass is 79.9. The van der Waals surface area contributed by atoms with Crippen LogP contribution in [0.15, 0.2) is 17.0 Å². The molecule has 1 saturated heterocycles. The van der Waals surface area contributed by atoms with Gasteiger partial charge in [0.2, 0.25) is 5.91 Å². The molecular weight excluding hydrogens is 322 g/mol. The zero-order chi connectivity index (χ0) is 13.2. The third-order valence-corrected chi connectivity index (χ3v) is 5.33. The second kappa shape index (κ2) is 5.31. The lowest BCUT2D eigenvalue weighted by Crippen LogP contribution is -2.39. The first-order chi connectivity index (χ1) is 8.49. The monoisotopic (exact) mass is 333 g/mol. The number of halogens is 1. The Hall–Kier alpha value is -1.02. The van der Waals surface area contributed by atoms with Crippen LogP contribution < -0.4 is 5.32 Å². The highest BCUT2D eigenvalue weighted by Crippen LogP contribution is 2.20. The smallest absolute Gasteiger partial charge is 0.243 e. The second-order valence-electron chi connectivity index (χ2n) is 4.07. The van der Waals surface area contributed by atoms with Gasteiger partial charge in [0.15, 0.2) is 15.7 Å². The first kappa shape index (κ1) is 13.4. The topological polar surface area (TPSA) is 89.0 Å². The van der Waals surface area contributed by atoms with Crippen LogP contribution in [0.2, 0.25) is 0 Å². The van der Waals surface area contributed by atoms with Gasteiger partial charge >= 0.3 is 0 Å². The number of sulfone groups is 1. The molecule has 8 heteroatoms. The number of hydrogen-bond donors (Lipinski definition) is 1. The van der Waals surface area contributed by atoms with Gasteiger partial charge in [-0.25, -0.2) is 18.4 Å². The number of nitrogens with zero attached hydrogens (tertiary/aromatic N) is 2. The van der Waals surface area contributed by atoms with Crippen LogP contribution in [0, 0.1) is 0 Å². The predicted molar refractivity (Wildman–Crippen MR) is 69.8 cm³/mol. The van der Waals surface area contributed by atoms with Gasteiger partial charge in [0.05, 0.1) is 18.1 Å². The Labute approximate surface area is 113 Å². The van der Waals surface area contributed by atoms with E-state index in [0.717, 1.165) is 6.42 Å². The third-order valence-electron chi connectivity index (χ3n) is 2.74. The van der Waals surface area contributed by atoms with Gasteiger partial charge in [-0.2, -0.15) is 0 Å². The van der Waals surface area contributed by atoms with E-state index in [1.165, 1.54) is 12.4 Å². The summed E-state index contributed by atoms with van der Waals surface area (Å²) in [6.07, 6.45) is 4.56. The lowest BCUT2D eigenvalue weighted by molar-refractivity contribution is -0.116. The normalized spacial score (nSPS) is 22.4. The van der Waals surface area contributed by atoms with Crippen LogP contribution in [-0.2, 0) is 14.6 Å². The lowest BCUT2D eigenvalue weighted by atomic mass is 10.2. The fraction of sp³-hybridized carbons (Fsp3) is 0.500. The van der Waals surface area contributed by atoms with Crippen LogP contribution in [0.4, 0.5) is 5.82 Å². The van der Waals surface area contributed by atoms with Gasteiger partial charge in [-0.1, -0.05) is 6.42 Å². The van der Waals surface area contributed by atoms with Gasteiger partial charge in [0, 0.05) is 0 Å². The summed E-state index contributed by atoms with van der Waals surface area (Å²) in [6, 6.07) is 0. The minimum atomic E-state index is -3.32. The van der Waals surface area contributed by atoms with E-state index in [9.17, 15) is 13.2 Å². The van der Waals surface area contributed by atoms with Crippen molar-refractivity contribution in [1.82, 2.24) is 9.97 Å². The number of rotatable bonds is 2. The fourth-order valence-corrected chi connectivity index (χ4v) is 3.84. The van der Waals surface area contributed by atoms with E-state index in [1.54, 1.807) is 0 Å². The van der Waals surface area contributed by atoms with Crippen LogP contribution in [0.1, 0.15) is 19.3 Å². The molecule has 6 nitrogen and oxygen atoms in total. The molecule has 1 N–H and O–H groups in total. The Balaban J connectivity index is 2.10. The quantitative estimate of drug-likeness (QED) is 0.876. The summed E-state index contributed by atoms with van der Waals surface area (Å²) < 4.78 is 24.1. The van der Waals surface area contributed by atoms with Crippen molar-refractivity contribution in [1.29, 1.82) is 0 Å². The molecule has 1 aliphatic heterocycles. The number of nitrogens with one attached hydrogen (secondary N) is 1. The molecule has 0 spiro atoms. The summed E-state index contributed by atoms with van der Waals surface area (Å²) in [7, 11) is -3.32. The maximum atomic E-state index is 11.9. The highest BCUT2D eigenvalue weighted by molar-refractivity contribution is 9.10. The summed E-state index contributed by atoms with van der Waals surface area (Å²) in [5.74, 6) is -0.188. The van der Waals surface area contributed by atoms with E-state index in [-0.39, 0.29) is 11.6 Å². The Morgan fingerprint density at radius 3 is 2.72 bits per heavy atom. The minimum absolute atomic E-state index is 0.0805. The van der Waals surface area contributed by atoms with Crippen molar-refractivity contribution in [2.45, 2.75) is 24.5 Å². The van der Waals surface area contributed by atoms with Crippen molar-refractivity contribution in [3.05, 3.63) is 17.0 Å². The average Bonchev–Trinajstić information content (AvgIpc) is 2.31. The van der Waals surface area contributed by atoms with Crippen molar-refractivity contribution in [3.63, 3.8) is 0 Å².